The van der Waals surface area contributed by atoms with Crippen LogP contribution in [-0.4, -0.2) is 6.04 Å². The molecular weight excluding hydrogens is 333 g/mol. The molecule has 1 nitrogen and oxygen atoms in total. The Labute approximate surface area is 161 Å². The highest BCUT2D eigenvalue weighted by Crippen LogP contribution is 2.34. The van der Waals surface area contributed by atoms with E-state index in [4.69, 9.17) is 5.73 Å². The van der Waals surface area contributed by atoms with Crippen molar-refractivity contribution in [3.8, 4) is 22.3 Å². The summed E-state index contributed by atoms with van der Waals surface area (Å²) in [4.78, 5) is 0. The first-order valence-electron chi connectivity index (χ1n) is 9.82. The summed E-state index contributed by atoms with van der Waals surface area (Å²) in [5.41, 5.74) is 12.1. The lowest BCUT2D eigenvalue weighted by Crippen LogP contribution is -2.25. The summed E-state index contributed by atoms with van der Waals surface area (Å²) in [6.07, 6.45) is 4.50. The lowest BCUT2D eigenvalue weighted by atomic mass is 9.82. The normalized spacial score (nSPS) is 19.8. The molecule has 2 N–H and O–H groups in total. The van der Waals surface area contributed by atoms with Crippen molar-refractivity contribution in [3.05, 3.63) is 83.7 Å². The summed E-state index contributed by atoms with van der Waals surface area (Å²) in [5.74, 6) is 0.414. The van der Waals surface area contributed by atoms with Gasteiger partial charge in [0.05, 0.1) is 0 Å². The zero-order chi connectivity index (χ0) is 18.8. The van der Waals surface area contributed by atoms with Crippen LogP contribution in [-0.2, 0) is 0 Å². The average Bonchev–Trinajstić information content (AvgIpc) is 2.69. The maximum Gasteiger partial charge on any atom is 0.131 e. The van der Waals surface area contributed by atoms with Crippen molar-refractivity contribution in [2.75, 3.05) is 0 Å². The molecule has 27 heavy (non-hydrogen) atoms. The minimum Gasteiger partial charge on any atom is -0.328 e. The van der Waals surface area contributed by atoms with Crippen molar-refractivity contribution in [1.82, 2.24) is 0 Å². The molecule has 0 saturated heterocycles. The van der Waals surface area contributed by atoms with E-state index in [0.717, 1.165) is 42.4 Å². The summed E-state index contributed by atoms with van der Waals surface area (Å²) in [6, 6.07) is 22.5. The number of benzene rings is 3. The van der Waals surface area contributed by atoms with Crippen LogP contribution in [0.1, 0.15) is 42.7 Å². The zero-order valence-corrected chi connectivity index (χ0v) is 15.8. The molecule has 0 radical (unpaired) electrons. The van der Waals surface area contributed by atoms with Gasteiger partial charge in [0.2, 0.25) is 0 Å². The molecule has 3 aromatic carbocycles. The third kappa shape index (κ3) is 3.96. The quantitative estimate of drug-likeness (QED) is 0.571. The van der Waals surface area contributed by atoms with Crippen molar-refractivity contribution in [1.29, 1.82) is 0 Å². The van der Waals surface area contributed by atoms with Crippen LogP contribution in [0.2, 0.25) is 0 Å². The van der Waals surface area contributed by atoms with Crippen LogP contribution in [0.15, 0.2) is 66.7 Å². The van der Waals surface area contributed by atoms with Crippen LogP contribution in [0.5, 0.6) is 0 Å². The maximum atomic E-state index is 14.8. The molecule has 0 spiro atoms. The van der Waals surface area contributed by atoms with Gasteiger partial charge in [0, 0.05) is 11.6 Å². The summed E-state index contributed by atoms with van der Waals surface area (Å²) >= 11 is 0. The fraction of sp³-hybridized carbons (Fsp3) is 0.280. The monoisotopic (exact) mass is 359 g/mol. The third-order valence-corrected chi connectivity index (χ3v) is 5.82. The fourth-order valence-corrected chi connectivity index (χ4v) is 4.06. The first-order chi connectivity index (χ1) is 13.1. The molecule has 1 aliphatic rings. The van der Waals surface area contributed by atoms with E-state index in [1.54, 1.807) is 6.07 Å². The fourth-order valence-electron chi connectivity index (χ4n) is 4.06. The largest absolute Gasteiger partial charge is 0.328 e. The molecule has 138 valence electrons. The Bertz CT molecular complexity index is 904. The number of halogens is 1. The topological polar surface area (TPSA) is 26.0 Å². The summed E-state index contributed by atoms with van der Waals surface area (Å²) in [5, 5.41) is 0. The van der Waals surface area contributed by atoms with Gasteiger partial charge in [-0.3, -0.25) is 0 Å². The molecule has 1 aliphatic carbocycles. The first-order valence-corrected chi connectivity index (χ1v) is 9.82. The van der Waals surface area contributed by atoms with Gasteiger partial charge in [-0.2, -0.15) is 0 Å². The average molecular weight is 359 g/mol. The smallest absolute Gasteiger partial charge is 0.131 e. The minimum atomic E-state index is -0.176. The number of aryl methyl sites for hydroxylation is 1. The van der Waals surface area contributed by atoms with E-state index >= 15 is 0 Å². The Balaban J connectivity index is 1.55. The molecule has 0 amide bonds. The van der Waals surface area contributed by atoms with Crippen LogP contribution in [0.25, 0.3) is 22.3 Å². The molecule has 0 bridgehead atoms. The Morgan fingerprint density at radius 3 is 1.96 bits per heavy atom. The van der Waals surface area contributed by atoms with Crippen molar-refractivity contribution >= 4 is 0 Å². The lowest BCUT2D eigenvalue weighted by molar-refractivity contribution is 0.395. The Kier molecular flexibility index (Phi) is 5.09. The summed E-state index contributed by atoms with van der Waals surface area (Å²) in [7, 11) is 0. The maximum absolute atomic E-state index is 14.8. The lowest BCUT2D eigenvalue weighted by Gasteiger charge is -2.26. The second-order valence-corrected chi connectivity index (χ2v) is 7.79. The minimum absolute atomic E-state index is 0.176. The molecule has 0 aromatic heterocycles. The van der Waals surface area contributed by atoms with Gasteiger partial charge < -0.3 is 5.73 Å². The van der Waals surface area contributed by atoms with Gasteiger partial charge in [-0.05, 0) is 66.8 Å². The van der Waals surface area contributed by atoms with Gasteiger partial charge in [0.1, 0.15) is 5.82 Å². The molecule has 0 heterocycles. The van der Waals surface area contributed by atoms with Crippen LogP contribution in [0, 0.1) is 12.7 Å². The number of hydrogen-bond acceptors (Lipinski definition) is 1. The number of hydrogen-bond donors (Lipinski definition) is 1. The number of rotatable bonds is 3. The van der Waals surface area contributed by atoms with Gasteiger partial charge >= 0.3 is 0 Å². The first kappa shape index (κ1) is 17.9. The van der Waals surface area contributed by atoms with Crippen LogP contribution >= 0.6 is 0 Å². The predicted octanol–water partition coefficient (Wildman–Crippen LogP) is 6.45. The molecule has 3 aromatic rings. The van der Waals surface area contributed by atoms with E-state index in [-0.39, 0.29) is 5.82 Å². The van der Waals surface area contributed by atoms with Gasteiger partial charge in [-0.25, -0.2) is 4.39 Å². The summed E-state index contributed by atoms with van der Waals surface area (Å²) in [6.45, 7) is 2.05. The van der Waals surface area contributed by atoms with Crippen molar-refractivity contribution in [2.45, 2.75) is 44.6 Å². The van der Waals surface area contributed by atoms with Crippen LogP contribution in [0.4, 0.5) is 4.39 Å². The van der Waals surface area contributed by atoms with E-state index in [9.17, 15) is 4.39 Å². The molecule has 1 saturated carbocycles. The van der Waals surface area contributed by atoms with Crippen molar-refractivity contribution < 1.29 is 4.39 Å². The second-order valence-electron chi connectivity index (χ2n) is 7.79. The molecule has 0 atom stereocenters. The van der Waals surface area contributed by atoms with E-state index < -0.39 is 0 Å². The Hall–Kier alpha value is -2.45. The van der Waals surface area contributed by atoms with Gasteiger partial charge in [0.15, 0.2) is 0 Å². The molecule has 2 heteroatoms. The standard InChI is InChI=1S/C25H26FN/c1-17-2-4-20(5-3-17)22-12-15-24(25(26)16-22)21-8-6-18(7-9-21)19-10-13-23(27)14-11-19/h2-9,12,15-16,19,23H,10-11,13-14,27H2,1H3. The van der Waals surface area contributed by atoms with E-state index in [1.807, 2.05) is 36.4 Å². The van der Waals surface area contributed by atoms with Gasteiger partial charge in [-0.15, -0.1) is 0 Å². The molecule has 1 fully saturated rings. The van der Waals surface area contributed by atoms with Crippen LogP contribution in [0.3, 0.4) is 0 Å². The highest BCUT2D eigenvalue weighted by Gasteiger charge is 2.20. The summed E-state index contributed by atoms with van der Waals surface area (Å²) < 4.78 is 14.8. The SMILES string of the molecule is Cc1ccc(-c2ccc(-c3ccc(C4CCC(N)CC4)cc3)c(F)c2)cc1. The van der Waals surface area contributed by atoms with Gasteiger partial charge in [-0.1, -0.05) is 66.2 Å². The number of nitrogens with two attached hydrogens (primary N) is 1. The van der Waals surface area contributed by atoms with Crippen molar-refractivity contribution in [2.24, 2.45) is 5.73 Å². The molecule has 4 rings (SSSR count). The van der Waals surface area contributed by atoms with Gasteiger partial charge in [0.25, 0.3) is 0 Å². The highest BCUT2D eigenvalue weighted by molar-refractivity contribution is 5.71. The van der Waals surface area contributed by atoms with E-state index in [1.165, 1.54) is 11.1 Å². The third-order valence-electron chi connectivity index (χ3n) is 5.82. The highest BCUT2D eigenvalue weighted by atomic mass is 19.1. The van der Waals surface area contributed by atoms with Crippen molar-refractivity contribution in [3.63, 3.8) is 0 Å². The molecule has 0 unspecified atom stereocenters. The molecular formula is C25H26FN. The predicted molar refractivity (Wildman–Crippen MR) is 111 cm³/mol. The second kappa shape index (κ2) is 7.66. The zero-order valence-electron chi connectivity index (χ0n) is 15.8. The van der Waals surface area contributed by atoms with E-state index in [2.05, 4.69) is 31.2 Å². The Morgan fingerprint density at radius 2 is 1.33 bits per heavy atom. The van der Waals surface area contributed by atoms with E-state index in [0.29, 0.717) is 17.5 Å². The van der Waals surface area contributed by atoms with Crippen LogP contribution < -0.4 is 5.73 Å². The molecule has 0 aliphatic heterocycles. The Morgan fingerprint density at radius 1 is 0.741 bits per heavy atom.